The van der Waals surface area contributed by atoms with Gasteiger partial charge in [-0.15, -0.1) is 0 Å². The maximum absolute atomic E-state index is 12.2. The Kier molecular flexibility index (Phi) is 4.55. The summed E-state index contributed by atoms with van der Waals surface area (Å²) in [4.78, 5) is 0. The third-order valence-electron chi connectivity index (χ3n) is 3.51. The molecule has 1 aromatic rings. The Morgan fingerprint density at radius 1 is 1.35 bits per heavy atom. The maximum Gasteiger partial charge on any atom is 0.391 e. The summed E-state index contributed by atoms with van der Waals surface area (Å²) >= 11 is 0. The van der Waals surface area contributed by atoms with Gasteiger partial charge in [0.2, 0.25) is 0 Å². The molecule has 1 N–H and O–H groups in total. The van der Waals surface area contributed by atoms with E-state index in [9.17, 15) is 13.2 Å². The molecule has 20 heavy (non-hydrogen) atoms. The first-order chi connectivity index (χ1) is 9.44. The molecule has 0 aromatic heterocycles. The van der Waals surface area contributed by atoms with Gasteiger partial charge in [0, 0.05) is 6.42 Å². The zero-order valence-corrected chi connectivity index (χ0v) is 11.5. The van der Waals surface area contributed by atoms with Crippen LogP contribution in [0.3, 0.4) is 0 Å². The Morgan fingerprint density at radius 2 is 2.10 bits per heavy atom. The molecule has 1 aliphatic rings. The van der Waals surface area contributed by atoms with Crippen LogP contribution in [0, 0.1) is 0 Å². The van der Waals surface area contributed by atoms with Crippen LogP contribution in [-0.2, 0) is 11.2 Å². The summed E-state index contributed by atoms with van der Waals surface area (Å²) in [6, 6.07) is 5.59. The second-order valence-corrected chi connectivity index (χ2v) is 4.81. The smallest absolute Gasteiger partial charge is 0.391 e. The normalized spacial score (nSPS) is 21.9. The van der Waals surface area contributed by atoms with Gasteiger partial charge in [-0.3, -0.25) is 0 Å². The number of ether oxygens (including phenoxy) is 2. The number of likely N-dealkylation sites (N-methyl/N-ethyl adjacent to an activating group) is 1. The molecule has 1 aliphatic carbocycles. The lowest BCUT2D eigenvalue weighted by atomic mass is 10.1. The van der Waals surface area contributed by atoms with E-state index in [-0.39, 0.29) is 18.8 Å². The topological polar surface area (TPSA) is 30.5 Å². The zero-order valence-electron chi connectivity index (χ0n) is 11.5. The van der Waals surface area contributed by atoms with E-state index in [4.69, 9.17) is 9.47 Å². The SMILES string of the molecule is CNC1c2cc(OC)ccc2CC1OCCC(F)(F)F. The van der Waals surface area contributed by atoms with Crippen LogP contribution >= 0.6 is 0 Å². The minimum absolute atomic E-state index is 0.103. The second kappa shape index (κ2) is 6.01. The van der Waals surface area contributed by atoms with Crippen LogP contribution in [0.2, 0.25) is 0 Å². The zero-order chi connectivity index (χ0) is 14.8. The number of halogens is 3. The van der Waals surface area contributed by atoms with Gasteiger partial charge in [0.25, 0.3) is 0 Å². The highest BCUT2D eigenvalue weighted by molar-refractivity contribution is 5.42. The van der Waals surface area contributed by atoms with Crippen molar-refractivity contribution >= 4 is 0 Å². The van der Waals surface area contributed by atoms with Crippen molar-refractivity contribution in [1.82, 2.24) is 5.32 Å². The molecule has 6 heteroatoms. The number of rotatable bonds is 5. The third-order valence-corrected chi connectivity index (χ3v) is 3.51. The average Bonchev–Trinajstić information content (AvgIpc) is 2.73. The first-order valence-electron chi connectivity index (χ1n) is 6.47. The molecule has 0 saturated heterocycles. The predicted molar refractivity (Wildman–Crippen MR) is 68.9 cm³/mol. The number of methoxy groups -OCH3 is 1. The highest BCUT2D eigenvalue weighted by Gasteiger charge is 2.34. The van der Waals surface area contributed by atoms with E-state index in [0.29, 0.717) is 6.42 Å². The van der Waals surface area contributed by atoms with Crippen molar-refractivity contribution in [3.8, 4) is 5.75 Å². The number of hydrogen-bond donors (Lipinski definition) is 1. The van der Waals surface area contributed by atoms with E-state index < -0.39 is 12.6 Å². The van der Waals surface area contributed by atoms with E-state index in [1.807, 2.05) is 18.2 Å². The van der Waals surface area contributed by atoms with Gasteiger partial charge in [0.1, 0.15) is 5.75 Å². The van der Waals surface area contributed by atoms with Gasteiger partial charge < -0.3 is 14.8 Å². The number of hydrogen-bond acceptors (Lipinski definition) is 3. The summed E-state index contributed by atoms with van der Waals surface area (Å²) < 4.78 is 47.1. The molecule has 2 rings (SSSR count). The quantitative estimate of drug-likeness (QED) is 0.904. The van der Waals surface area contributed by atoms with Gasteiger partial charge in [-0.05, 0) is 30.3 Å². The molecule has 0 saturated carbocycles. The van der Waals surface area contributed by atoms with Crippen molar-refractivity contribution in [3.63, 3.8) is 0 Å². The van der Waals surface area contributed by atoms with E-state index >= 15 is 0 Å². The van der Waals surface area contributed by atoms with E-state index in [1.165, 1.54) is 0 Å². The number of nitrogens with one attached hydrogen (secondary N) is 1. The van der Waals surface area contributed by atoms with E-state index in [1.54, 1.807) is 14.2 Å². The van der Waals surface area contributed by atoms with E-state index in [0.717, 1.165) is 16.9 Å². The van der Waals surface area contributed by atoms with E-state index in [2.05, 4.69) is 5.32 Å². The summed E-state index contributed by atoms with van der Waals surface area (Å²) in [5, 5.41) is 3.11. The molecule has 0 radical (unpaired) electrons. The lowest BCUT2D eigenvalue weighted by Crippen LogP contribution is -2.29. The molecule has 0 bridgehead atoms. The first-order valence-corrected chi connectivity index (χ1v) is 6.47. The summed E-state index contributed by atoms with van der Waals surface area (Å²) in [6.45, 7) is -0.308. The fourth-order valence-electron chi connectivity index (χ4n) is 2.53. The molecule has 0 heterocycles. The summed E-state index contributed by atoms with van der Waals surface area (Å²) in [5.41, 5.74) is 2.12. The molecule has 0 spiro atoms. The molecule has 3 nitrogen and oxygen atoms in total. The first kappa shape index (κ1) is 15.1. The third kappa shape index (κ3) is 3.43. The van der Waals surface area contributed by atoms with Gasteiger partial charge >= 0.3 is 6.18 Å². The highest BCUT2D eigenvalue weighted by Crippen LogP contribution is 2.35. The Morgan fingerprint density at radius 3 is 2.70 bits per heavy atom. The highest BCUT2D eigenvalue weighted by atomic mass is 19.4. The monoisotopic (exact) mass is 289 g/mol. The standard InChI is InChI=1S/C14H18F3NO2/c1-18-13-11-8-10(19-2)4-3-9(11)7-12(13)20-6-5-14(15,16)17/h3-4,8,12-13,18H,5-7H2,1-2H3. The van der Waals surface area contributed by atoms with Crippen LogP contribution < -0.4 is 10.1 Å². The van der Waals surface area contributed by atoms with Crippen LogP contribution in [0.15, 0.2) is 18.2 Å². The molecule has 2 unspecified atom stereocenters. The molecule has 0 aliphatic heterocycles. The summed E-state index contributed by atoms with van der Waals surface area (Å²) in [7, 11) is 3.36. The number of alkyl halides is 3. The van der Waals surface area contributed by atoms with Crippen LogP contribution in [0.1, 0.15) is 23.6 Å². The number of fused-ring (bicyclic) bond motifs is 1. The van der Waals surface area contributed by atoms with Crippen molar-refractivity contribution in [2.75, 3.05) is 20.8 Å². The minimum Gasteiger partial charge on any atom is -0.497 e. The largest absolute Gasteiger partial charge is 0.497 e. The molecule has 1 aromatic carbocycles. The Balaban J connectivity index is 2.03. The number of benzene rings is 1. The lowest BCUT2D eigenvalue weighted by Gasteiger charge is -2.21. The van der Waals surface area contributed by atoms with Gasteiger partial charge in [-0.2, -0.15) is 13.2 Å². The Labute approximate surface area is 116 Å². The van der Waals surface area contributed by atoms with Crippen molar-refractivity contribution in [1.29, 1.82) is 0 Å². The van der Waals surface area contributed by atoms with Crippen molar-refractivity contribution in [3.05, 3.63) is 29.3 Å². The molecule has 0 amide bonds. The fourth-order valence-corrected chi connectivity index (χ4v) is 2.53. The van der Waals surface area contributed by atoms with Crippen molar-refractivity contribution in [2.24, 2.45) is 0 Å². The molecule has 0 fully saturated rings. The summed E-state index contributed by atoms with van der Waals surface area (Å²) in [5.74, 6) is 0.736. The van der Waals surface area contributed by atoms with Crippen molar-refractivity contribution in [2.45, 2.75) is 31.2 Å². The van der Waals surface area contributed by atoms with Crippen LogP contribution in [-0.4, -0.2) is 33.0 Å². The fraction of sp³-hybridized carbons (Fsp3) is 0.571. The lowest BCUT2D eigenvalue weighted by molar-refractivity contribution is -0.149. The Bertz CT molecular complexity index is 462. The van der Waals surface area contributed by atoms with Crippen molar-refractivity contribution < 1.29 is 22.6 Å². The second-order valence-electron chi connectivity index (χ2n) is 4.81. The molecular formula is C14H18F3NO2. The Hall–Kier alpha value is -1.27. The van der Waals surface area contributed by atoms with Crippen LogP contribution in [0.25, 0.3) is 0 Å². The van der Waals surface area contributed by atoms with Gasteiger partial charge in [0.15, 0.2) is 0 Å². The van der Waals surface area contributed by atoms with Crippen LogP contribution in [0.5, 0.6) is 5.75 Å². The minimum atomic E-state index is -4.18. The molecule has 112 valence electrons. The summed E-state index contributed by atoms with van der Waals surface area (Å²) in [6.07, 6.45) is -4.75. The van der Waals surface area contributed by atoms with Gasteiger partial charge in [-0.25, -0.2) is 0 Å². The molecular weight excluding hydrogens is 271 g/mol. The maximum atomic E-state index is 12.2. The van der Waals surface area contributed by atoms with Crippen LogP contribution in [0.4, 0.5) is 13.2 Å². The van der Waals surface area contributed by atoms with Gasteiger partial charge in [0.05, 0.1) is 32.3 Å². The predicted octanol–water partition coefficient (Wildman–Crippen LogP) is 2.85. The average molecular weight is 289 g/mol. The molecule has 2 atom stereocenters. The van der Waals surface area contributed by atoms with Gasteiger partial charge in [-0.1, -0.05) is 6.07 Å².